The SMILES string of the molecule is CCC(C(=O)OC(C)(C)C)C(C)OC(=O)c1ccccc1. The van der Waals surface area contributed by atoms with E-state index in [0.717, 1.165) is 0 Å². The minimum atomic E-state index is -0.548. The molecule has 0 aliphatic heterocycles. The van der Waals surface area contributed by atoms with Crippen LogP contribution >= 0.6 is 0 Å². The van der Waals surface area contributed by atoms with E-state index < -0.39 is 23.6 Å². The third-order valence-corrected chi connectivity index (χ3v) is 3.02. The van der Waals surface area contributed by atoms with Crippen LogP contribution in [-0.4, -0.2) is 23.6 Å². The molecule has 0 fully saturated rings. The lowest BCUT2D eigenvalue weighted by molar-refractivity contribution is -0.163. The van der Waals surface area contributed by atoms with E-state index in [2.05, 4.69) is 0 Å². The summed E-state index contributed by atoms with van der Waals surface area (Å²) in [6.07, 6.45) is 0.0237. The molecule has 0 aliphatic rings. The minimum absolute atomic E-state index is 0.335. The summed E-state index contributed by atoms with van der Waals surface area (Å²) in [7, 11) is 0. The molecular formula is C17H24O4. The third-order valence-electron chi connectivity index (χ3n) is 3.02. The highest BCUT2D eigenvalue weighted by Crippen LogP contribution is 2.19. The van der Waals surface area contributed by atoms with Crippen LogP contribution in [0.1, 0.15) is 51.4 Å². The van der Waals surface area contributed by atoms with Gasteiger partial charge < -0.3 is 9.47 Å². The molecule has 0 saturated carbocycles. The molecular weight excluding hydrogens is 268 g/mol. The molecule has 1 rings (SSSR count). The average molecular weight is 292 g/mol. The molecule has 116 valence electrons. The van der Waals surface area contributed by atoms with Gasteiger partial charge in [0.1, 0.15) is 11.7 Å². The van der Waals surface area contributed by atoms with Gasteiger partial charge in [0.2, 0.25) is 0 Å². The van der Waals surface area contributed by atoms with Crippen LogP contribution in [0.3, 0.4) is 0 Å². The van der Waals surface area contributed by atoms with Crippen molar-refractivity contribution in [3.63, 3.8) is 0 Å². The predicted octanol–water partition coefficient (Wildman–Crippen LogP) is 3.60. The molecule has 0 heterocycles. The summed E-state index contributed by atoms with van der Waals surface area (Å²) in [6.45, 7) is 9.05. The Hall–Kier alpha value is -1.84. The summed E-state index contributed by atoms with van der Waals surface area (Å²) in [5.74, 6) is -1.22. The van der Waals surface area contributed by atoms with E-state index in [1.807, 2.05) is 33.8 Å². The molecule has 0 N–H and O–H groups in total. The van der Waals surface area contributed by atoms with E-state index in [9.17, 15) is 9.59 Å². The minimum Gasteiger partial charge on any atom is -0.460 e. The number of rotatable bonds is 5. The van der Waals surface area contributed by atoms with Crippen molar-refractivity contribution in [3.8, 4) is 0 Å². The summed E-state index contributed by atoms with van der Waals surface area (Å²) in [4.78, 5) is 24.1. The van der Waals surface area contributed by atoms with Crippen molar-refractivity contribution in [2.45, 2.75) is 52.7 Å². The number of esters is 2. The van der Waals surface area contributed by atoms with Gasteiger partial charge in [-0.1, -0.05) is 25.1 Å². The number of carbonyl (C=O) groups excluding carboxylic acids is 2. The van der Waals surface area contributed by atoms with Gasteiger partial charge in [-0.25, -0.2) is 4.79 Å². The van der Waals surface area contributed by atoms with Gasteiger partial charge >= 0.3 is 11.9 Å². The first kappa shape index (κ1) is 17.2. The monoisotopic (exact) mass is 292 g/mol. The summed E-state index contributed by atoms with van der Waals surface area (Å²) >= 11 is 0. The molecule has 0 amide bonds. The zero-order valence-electron chi connectivity index (χ0n) is 13.4. The van der Waals surface area contributed by atoms with E-state index in [4.69, 9.17) is 9.47 Å². The summed E-state index contributed by atoms with van der Waals surface area (Å²) in [5, 5.41) is 0. The van der Waals surface area contributed by atoms with E-state index in [1.54, 1.807) is 31.2 Å². The van der Waals surface area contributed by atoms with Crippen LogP contribution in [0.15, 0.2) is 30.3 Å². The third kappa shape index (κ3) is 5.58. The van der Waals surface area contributed by atoms with Gasteiger partial charge in [-0.3, -0.25) is 4.79 Å². The Labute approximate surface area is 126 Å². The molecule has 0 spiro atoms. The van der Waals surface area contributed by atoms with Crippen molar-refractivity contribution in [2.75, 3.05) is 0 Å². The van der Waals surface area contributed by atoms with Gasteiger partial charge in [0.15, 0.2) is 0 Å². The highest BCUT2D eigenvalue weighted by molar-refractivity contribution is 5.89. The van der Waals surface area contributed by atoms with Crippen LogP contribution in [0.25, 0.3) is 0 Å². The second kappa shape index (κ2) is 7.25. The highest BCUT2D eigenvalue weighted by atomic mass is 16.6. The maximum Gasteiger partial charge on any atom is 0.338 e. The second-order valence-electron chi connectivity index (χ2n) is 6.02. The van der Waals surface area contributed by atoms with Crippen LogP contribution in [-0.2, 0) is 14.3 Å². The normalized spacial score (nSPS) is 14.1. The van der Waals surface area contributed by atoms with Gasteiger partial charge in [-0.05, 0) is 46.2 Å². The zero-order chi connectivity index (χ0) is 16.0. The molecule has 1 aromatic carbocycles. The number of hydrogen-bond donors (Lipinski definition) is 0. The molecule has 0 aliphatic carbocycles. The second-order valence-corrected chi connectivity index (χ2v) is 6.02. The average Bonchev–Trinajstić information content (AvgIpc) is 2.38. The van der Waals surface area contributed by atoms with Crippen molar-refractivity contribution >= 4 is 11.9 Å². The van der Waals surface area contributed by atoms with Gasteiger partial charge in [0.25, 0.3) is 0 Å². The number of ether oxygens (including phenoxy) is 2. The first-order chi connectivity index (χ1) is 9.74. The molecule has 4 nitrogen and oxygen atoms in total. The van der Waals surface area contributed by atoms with Crippen LogP contribution in [0.4, 0.5) is 0 Å². The fraction of sp³-hybridized carbons (Fsp3) is 0.529. The van der Waals surface area contributed by atoms with Gasteiger partial charge in [-0.15, -0.1) is 0 Å². The van der Waals surface area contributed by atoms with E-state index in [-0.39, 0.29) is 5.97 Å². The van der Waals surface area contributed by atoms with Crippen molar-refractivity contribution in [2.24, 2.45) is 5.92 Å². The summed E-state index contributed by atoms with van der Waals surface area (Å²) < 4.78 is 10.8. The van der Waals surface area contributed by atoms with Gasteiger partial charge in [0.05, 0.1) is 11.5 Å². The highest BCUT2D eigenvalue weighted by Gasteiger charge is 2.30. The Morgan fingerprint density at radius 3 is 2.19 bits per heavy atom. The molecule has 2 atom stereocenters. The molecule has 0 saturated heterocycles. The number of hydrogen-bond acceptors (Lipinski definition) is 4. The summed E-state index contributed by atoms with van der Waals surface area (Å²) in [5.41, 5.74) is -0.0726. The van der Waals surface area contributed by atoms with Gasteiger partial charge in [-0.2, -0.15) is 0 Å². The Balaban J connectivity index is 2.69. The van der Waals surface area contributed by atoms with Crippen molar-refractivity contribution in [3.05, 3.63) is 35.9 Å². The van der Waals surface area contributed by atoms with E-state index in [1.165, 1.54) is 0 Å². The van der Waals surface area contributed by atoms with Crippen LogP contribution < -0.4 is 0 Å². The Morgan fingerprint density at radius 1 is 1.14 bits per heavy atom. The van der Waals surface area contributed by atoms with Crippen molar-refractivity contribution in [1.82, 2.24) is 0 Å². The molecule has 4 heteroatoms. The number of benzene rings is 1. The topological polar surface area (TPSA) is 52.6 Å². The largest absolute Gasteiger partial charge is 0.460 e. The molecule has 21 heavy (non-hydrogen) atoms. The lowest BCUT2D eigenvalue weighted by Crippen LogP contribution is -2.35. The lowest BCUT2D eigenvalue weighted by Gasteiger charge is -2.26. The van der Waals surface area contributed by atoms with E-state index in [0.29, 0.717) is 12.0 Å². The zero-order valence-corrected chi connectivity index (χ0v) is 13.4. The molecule has 0 aromatic heterocycles. The molecule has 1 aromatic rings. The first-order valence-electron chi connectivity index (χ1n) is 7.23. The smallest absolute Gasteiger partial charge is 0.338 e. The predicted molar refractivity (Wildman–Crippen MR) is 80.9 cm³/mol. The maximum atomic E-state index is 12.1. The number of carbonyl (C=O) groups is 2. The van der Waals surface area contributed by atoms with Crippen molar-refractivity contribution in [1.29, 1.82) is 0 Å². The quantitative estimate of drug-likeness (QED) is 0.778. The Kier molecular flexibility index (Phi) is 5.94. The Morgan fingerprint density at radius 2 is 1.71 bits per heavy atom. The Bertz CT molecular complexity index is 473. The fourth-order valence-corrected chi connectivity index (χ4v) is 1.96. The van der Waals surface area contributed by atoms with Gasteiger partial charge in [0, 0.05) is 0 Å². The van der Waals surface area contributed by atoms with Crippen LogP contribution in [0, 0.1) is 5.92 Å². The fourth-order valence-electron chi connectivity index (χ4n) is 1.96. The molecule has 0 radical (unpaired) electrons. The first-order valence-corrected chi connectivity index (χ1v) is 7.23. The van der Waals surface area contributed by atoms with Crippen LogP contribution in [0.5, 0.6) is 0 Å². The lowest BCUT2D eigenvalue weighted by atomic mass is 10.00. The molecule has 0 bridgehead atoms. The maximum absolute atomic E-state index is 12.1. The summed E-state index contributed by atoms with van der Waals surface area (Å²) in [6, 6.07) is 8.74. The molecule has 2 unspecified atom stereocenters. The van der Waals surface area contributed by atoms with Crippen LogP contribution in [0.2, 0.25) is 0 Å². The van der Waals surface area contributed by atoms with Crippen molar-refractivity contribution < 1.29 is 19.1 Å². The van der Waals surface area contributed by atoms with E-state index >= 15 is 0 Å². The standard InChI is InChI=1S/C17H24O4/c1-6-14(16(19)21-17(3,4)5)12(2)20-15(18)13-10-8-7-9-11-13/h7-12,14H,6H2,1-5H3.